The van der Waals surface area contributed by atoms with E-state index in [0.717, 1.165) is 5.56 Å². The third-order valence-electron chi connectivity index (χ3n) is 5.33. The van der Waals surface area contributed by atoms with E-state index < -0.39 is 6.36 Å². The zero-order valence-electron chi connectivity index (χ0n) is 18.3. The van der Waals surface area contributed by atoms with Crippen LogP contribution in [0.1, 0.15) is 17.5 Å². The summed E-state index contributed by atoms with van der Waals surface area (Å²) in [5, 5.41) is 4.49. The first kappa shape index (κ1) is 24.3. The Labute approximate surface area is 203 Å². The molecule has 0 fully saturated rings. The normalized spacial score (nSPS) is 11.4. The van der Waals surface area contributed by atoms with Gasteiger partial charge in [0.05, 0.1) is 6.54 Å². The predicted octanol–water partition coefficient (Wildman–Crippen LogP) is 6.17. The van der Waals surface area contributed by atoms with Crippen LogP contribution in [0.3, 0.4) is 0 Å². The summed E-state index contributed by atoms with van der Waals surface area (Å²) in [6, 6.07) is 19.4. The number of carbonyl (C=O) groups excluding carboxylic acids is 1. The molecule has 0 aliphatic heterocycles. The van der Waals surface area contributed by atoms with Gasteiger partial charge < -0.3 is 14.6 Å². The SMILES string of the molecule is O=C(CCc1cccc(Cl)c1)Nc1cccc2c(=O)n(Cc3ccc(OC(F)(F)F)cc3)ccc12. The summed E-state index contributed by atoms with van der Waals surface area (Å²) in [7, 11) is 0. The van der Waals surface area contributed by atoms with Crippen LogP contribution in [-0.4, -0.2) is 16.8 Å². The highest BCUT2D eigenvalue weighted by Crippen LogP contribution is 2.24. The molecule has 0 aliphatic rings. The zero-order valence-corrected chi connectivity index (χ0v) is 19.1. The minimum absolute atomic E-state index is 0.164. The highest BCUT2D eigenvalue weighted by molar-refractivity contribution is 6.30. The van der Waals surface area contributed by atoms with Crippen LogP contribution in [0, 0.1) is 0 Å². The second-order valence-corrected chi connectivity index (χ2v) is 8.32. The molecule has 35 heavy (non-hydrogen) atoms. The molecule has 4 rings (SSSR count). The molecule has 1 N–H and O–H groups in total. The summed E-state index contributed by atoms with van der Waals surface area (Å²) >= 11 is 5.99. The summed E-state index contributed by atoms with van der Waals surface area (Å²) in [5.41, 5.74) is 1.82. The first-order valence-corrected chi connectivity index (χ1v) is 11.1. The number of hydrogen-bond donors (Lipinski definition) is 1. The van der Waals surface area contributed by atoms with Gasteiger partial charge in [0.15, 0.2) is 0 Å². The lowest BCUT2D eigenvalue weighted by atomic mass is 10.1. The molecular weight excluding hydrogens is 481 g/mol. The lowest BCUT2D eigenvalue weighted by molar-refractivity contribution is -0.274. The molecule has 4 aromatic rings. The Bertz CT molecular complexity index is 1420. The van der Waals surface area contributed by atoms with Crippen molar-refractivity contribution in [2.45, 2.75) is 25.7 Å². The molecule has 5 nitrogen and oxygen atoms in total. The number of nitrogens with one attached hydrogen (secondary N) is 1. The van der Waals surface area contributed by atoms with Crippen molar-refractivity contribution in [3.63, 3.8) is 0 Å². The largest absolute Gasteiger partial charge is 0.573 e. The smallest absolute Gasteiger partial charge is 0.406 e. The van der Waals surface area contributed by atoms with Crippen molar-refractivity contribution >= 4 is 34.0 Å². The molecule has 0 radical (unpaired) electrons. The number of aromatic nitrogens is 1. The van der Waals surface area contributed by atoms with Gasteiger partial charge in [-0.25, -0.2) is 0 Å². The molecule has 180 valence electrons. The van der Waals surface area contributed by atoms with Crippen LogP contribution < -0.4 is 15.6 Å². The minimum atomic E-state index is -4.76. The Morgan fingerprint density at radius 1 is 0.943 bits per heavy atom. The van der Waals surface area contributed by atoms with E-state index in [1.807, 2.05) is 18.2 Å². The maximum atomic E-state index is 13.0. The molecule has 0 unspecified atom stereocenters. The van der Waals surface area contributed by atoms with Crippen LogP contribution in [0.25, 0.3) is 10.8 Å². The Morgan fingerprint density at radius 2 is 1.69 bits per heavy atom. The van der Waals surface area contributed by atoms with Crippen LogP contribution in [0.5, 0.6) is 5.75 Å². The maximum absolute atomic E-state index is 13.0. The van der Waals surface area contributed by atoms with Crippen LogP contribution in [0.4, 0.5) is 18.9 Å². The zero-order chi connectivity index (χ0) is 25.0. The predicted molar refractivity (Wildman–Crippen MR) is 129 cm³/mol. The van der Waals surface area contributed by atoms with Gasteiger partial charge in [0, 0.05) is 34.1 Å². The van der Waals surface area contributed by atoms with E-state index in [0.29, 0.717) is 33.5 Å². The average molecular weight is 501 g/mol. The van der Waals surface area contributed by atoms with Gasteiger partial charge >= 0.3 is 6.36 Å². The molecule has 0 atom stereocenters. The number of hydrogen-bond acceptors (Lipinski definition) is 3. The van der Waals surface area contributed by atoms with Gasteiger partial charge in [-0.2, -0.15) is 0 Å². The summed E-state index contributed by atoms with van der Waals surface area (Å²) in [4.78, 5) is 25.5. The van der Waals surface area contributed by atoms with Crippen LogP contribution >= 0.6 is 11.6 Å². The molecule has 0 saturated carbocycles. The fourth-order valence-corrected chi connectivity index (χ4v) is 3.92. The number of carbonyl (C=O) groups is 1. The Hall–Kier alpha value is -3.78. The van der Waals surface area contributed by atoms with Crippen molar-refractivity contribution < 1.29 is 22.7 Å². The molecule has 0 spiro atoms. The van der Waals surface area contributed by atoms with E-state index in [9.17, 15) is 22.8 Å². The van der Waals surface area contributed by atoms with Gasteiger partial charge in [0.2, 0.25) is 5.91 Å². The second kappa shape index (κ2) is 10.2. The minimum Gasteiger partial charge on any atom is -0.406 e. The molecule has 9 heteroatoms. The van der Waals surface area contributed by atoms with Gasteiger partial charge in [-0.3, -0.25) is 9.59 Å². The number of halogens is 4. The van der Waals surface area contributed by atoms with Gasteiger partial charge in [-0.1, -0.05) is 41.9 Å². The standard InChI is InChI=1S/C26H20ClF3N2O3/c27-19-4-1-3-17(15-19)9-12-24(33)31-23-6-2-5-22-21(23)13-14-32(25(22)34)16-18-7-10-20(11-8-18)35-26(28,29)30/h1-8,10-11,13-15H,9,12,16H2,(H,31,33). The monoisotopic (exact) mass is 500 g/mol. The van der Waals surface area contributed by atoms with Gasteiger partial charge in [-0.15, -0.1) is 13.2 Å². The maximum Gasteiger partial charge on any atom is 0.573 e. The lowest BCUT2D eigenvalue weighted by Gasteiger charge is -2.12. The average Bonchev–Trinajstić information content (AvgIpc) is 2.80. The number of amides is 1. The third-order valence-corrected chi connectivity index (χ3v) is 5.57. The number of anilines is 1. The number of alkyl halides is 3. The van der Waals surface area contributed by atoms with E-state index in [2.05, 4.69) is 10.1 Å². The summed E-state index contributed by atoms with van der Waals surface area (Å²) in [6.45, 7) is 0.164. The number of benzene rings is 3. The summed E-state index contributed by atoms with van der Waals surface area (Å²) < 4.78 is 42.3. The first-order valence-electron chi connectivity index (χ1n) is 10.7. The number of aryl methyl sites for hydroxylation is 1. The van der Waals surface area contributed by atoms with Gasteiger partial charge in [0.1, 0.15) is 5.75 Å². The molecule has 1 aromatic heterocycles. The molecular formula is C26H20ClF3N2O3. The first-order chi connectivity index (χ1) is 16.7. The Morgan fingerprint density at radius 3 is 2.40 bits per heavy atom. The van der Waals surface area contributed by atoms with Crippen molar-refractivity contribution in [2.75, 3.05) is 5.32 Å². The van der Waals surface area contributed by atoms with Crippen LogP contribution in [0.2, 0.25) is 5.02 Å². The summed E-state index contributed by atoms with van der Waals surface area (Å²) in [5.74, 6) is -0.523. The van der Waals surface area contributed by atoms with Crippen molar-refractivity contribution in [3.05, 3.63) is 105 Å². The quantitative estimate of drug-likeness (QED) is 0.330. The van der Waals surface area contributed by atoms with Crippen LogP contribution in [0.15, 0.2) is 83.8 Å². The van der Waals surface area contributed by atoms with Crippen LogP contribution in [-0.2, 0) is 17.8 Å². The highest BCUT2D eigenvalue weighted by atomic mass is 35.5. The molecule has 0 aliphatic carbocycles. The number of nitrogens with zero attached hydrogens (tertiary/aromatic N) is 1. The van der Waals surface area contributed by atoms with Gasteiger partial charge in [0.25, 0.3) is 5.56 Å². The van der Waals surface area contributed by atoms with E-state index in [1.54, 1.807) is 36.5 Å². The molecule has 1 heterocycles. The topological polar surface area (TPSA) is 60.3 Å². The molecule has 3 aromatic carbocycles. The number of fused-ring (bicyclic) bond motifs is 1. The molecule has 1 amide bonds. The van der Waals surface area contributed by atoms with Crippen molar-refractivity contribution in [1.29, 1.82) is 0 Å². The Kier molecular flexibility index (Phi) is 7.12. The second-order valence-electron chi connectivity index (χ2n) is 7.89. The number of rotatable bonds is 7. The lowest BCUT2D eigenvalue weighted by Crippen LogP contribution is -2.21. The van der Waals surface area contributed by atoms with E-state index in [4.69, 9.17) is 11.6 Å². The fraction of sp³-hybridized carbons (Fsp3) is 0.154. The number of pyridine rings is 1. The Balaban J connectivity index is 1.48. The summed E-state index contributed by atoms with van der Waals surface area (Å²) in [6.07, 6.45) is -2.40. The fourth-order valence-electron chi connectivity index (χ4n) is 3.71. The van der Waals surface area contributed by atoms with E-state index in [-0.39, 0.29) is 30.2 Å². The van der Waals surface area contributed by atoms with E-state index in [1.165, 1.54) is 28.8 Å². The van der Waals surface area contributed by atoms with E-state index >= 15 is 0 Å². The number of ether oxygens (including phenoxy) is 1. The third kappa shape index (κ3) is 6.42. The highest BCUT2D eigenvalue weighted by Gasteiger charge is 2.30. The van der Waals surface area contributed by atoms with Crippen molar-refractivity contribution in [2.24, 2.45) is 0 Å². The van der Waals surface area contributed by atoms with Crippen molar-refractivity contribution in [1.82, 2.24) is 4.57 Å². The van der Waals surface area contributed by atoms with Crippen molar-refractivity contribution in [3.8, 4) is 5.75 Å². The molecule has 0 saturated heterocycles. The molecule has 0 bridgehead atoms. The van der Waals surface area contributed by atoms with Gasteiger partial charge in [-0.05, 0) is 60.0 Å².